The van der Waals surface area contributed by atoms with E-state index < -0.39 is 22.8 Å². The third-order valence-corrected chi connectivity index (χ3v) is 3.63. The van der Waals surface area contributed by atoms with Gasteiger partial charge in [-0.15, -0.1) is 0 Å². The Hall–Kier alpha value is -1.69. The average Bonchev–Trinajstić information content (AvgIpc) is 2.69. The van der Waals surface area contributed by atoms with Gasteiger partial charge in [-0.05, 0) is 37.6 Å². The van der Waals surface area contributed by atoms with Crippen molar-refractivity contribution in [2.24, 2.45) is 11.1 Å². The number of carbonyl (C=O) groups excluding carboxylic acids is 1. The van der Waals surface area contributed by atoms with E-state index >= 15 is 0 Å². The molecule has 4 nitrogen and oxygen atoms in total. The number of hydrogen-bond acceptors (Lipinski definition) is 3. The Balaban J connectivity index is 2.10. The van der Waals surface area contributed by atoms with E-state index in [1.807, 2.05) is 4.90 Å². The maximum atomic E-state index is 13.2. The Morgan fingerprint density at radius 2 is 2.05 bits per heavy atom. The standard InChI is InChI=1S/C13H16F2N2O2/c1-13(12(16)19)2-3-17(7-13)6-8-4-9(14)11(18)10(15)5-8/h4-5,18H,2-3,6-7H2,1H3,(H2,16,19). The first kappa shape index (κ1) is 13.7. The average molecular weight is 270 g/mol. The number of benzene rings is 1. The van der Waals surface area contributed by atoms with Crippen molar-refractivity contribution in [3.63, 3.8) is 0 Å². The van der Waals surface area contributed by atoms with Crippen LogP contribution in [0.3, 0.4) is 0 Å². The molecule has 1 aromatic carbocycles. The molecule has 1 amide bonds. The van der Waals surface area contributed by atoms with Crippen molar-refractivity contribution >= 4 is 5.91 Å². The lowest BCUT2D eigenvalue weighted by molar-refractivity contribution is -0.126. The van der Waals surface area contributed by atoms with Crippen molar-refractivity contribution in [1.29, 1.82) is 0 Å². The van der Waals surface area contributed by atoms with Crippen molar-refractivity contribution in [1.82, 2.24) is 4.90 Å². The summed E-state index contributed by atoms with van der Waals surface area (Å²) in [4.78, 5) is 13.2. The highest BCUT2D eigenvalue weighted by atomic mass is 19.1. The summed E-state index contributed by atoms with van der Waals surface area (Å²) in [5, 5.41) is 9.02. The van der Waals surface area contributed by atoms with Gasteiger partial charge in [-0.3, -0.25) is 9.69 Å². The summed E-state index contributed by atoms with van der Waals surface area (Å²) in [5.74, 6) is -3.29. The van der Waals surface area contributed by atoms with Crippen molar-refractivity contribution in [2.75, 3.05) is 13.1 Å². The van der Waals surface area contributed by atoms with Gasteiger partial charge >= 0.3 is 0 Å². The molecular formula is C13H16F2N2O2. The quantitative estimate of drug-likeness (QED) is 0.871. The molecule has 0 radical (unpaired) electrons. The van der Waals surface area contributed by atoms with Crippen LogP contribution >= 0.6 is 0 Å². The number of phenols is 1. The van der Waals surface area contributed by atoms with Crippen molar-refractivity contribution in [3.8, 4) is 5.75 Å². The van der Waals surface area contributed by atoms with Gasteiger partial charge < -0.3 is 10.8 Å². The number of nitrogens with zero attached hydrogens (tertiary/aromatic N) is 1. The van der Waals surface area contributed by atoms with Crippen LogP contribution in [-0.2, 0) is 11.3 Å². The zero-order valence-corrected chi connectivity index (χ0v) is 10.6. The number of likely N-dealkylation sites (tertiary alicyclic amines) is 1. The number of amides is 1. The number of phenolic OH excluding ortho intramolecular Hbond substituents is 1. The third-order valence-electron chi connectivity index (χ3n) is 3.63. The molecular weight excluding hydrogens is 254 g/mol. The Morgan fingerprint density at radius 3 is 2.53 bits per heavy atom. The van der Waals surface area contributed by atoms with Crippen molar-refractivity contribution in [3.05, 3.63) is 29.3 Å². The van der Waals surface area contributed by atoms with Crippen molar-refractivity contribution < 1.29 is 18.7 Å². The minimum absolute atomic E-state index is 0.316. The van der Waals surface area contributed by atoms with Gasteiger partial charge in [-0.25, -0.2) is 8.78 Å². The molecule has 1 atom stereocenters. The Labute approximate surface area is 109 Å². The molecule has 6 heteroatoms. The van der Waals surface area contributed by atoms with Crippen molar-refractivity contribution in [2.45, 2.75) is 19.9 Å². The number of hydrogen-bond donors (Lipinski definition) is 2. The maximum Gasteiger partial charge on any atom is 0.224 e. The van der Waals surface area contributed by atoms with Gasteiger partial charge in [0.1, 0.15) is 0 Å². The molecule has 1 saturated heterocycles. The molecule has 1 fully saturated rings. The monoisotopic (exact) mass is 270 g/mol. The van der Waals surface area contributed by atoms with Gasteiger partial charge in [0.05, 0.1) is 5.41 Å². The van der Waals surface area contributed by atoms with Crippen LogP contribution in [0.25, 0.3) is 0 Å². The minimum atomic E-state index is -0.980. The van der Waals surface area contributed by atoms with Crippen LogP contribution in [-0.4, -0.2) is 29.0 Å². The first-order valence-electron chi connectivity index (χ1n) is 6.01. The highest BCUT2D eigenvalue weighted by molar-refractivity contribution is 5.81. The zero-order chi connectivity index (χ0) is 14.2. The zero-order valence-electron chi connectivity index (χ0n) is 10.6. The Morgan fingerprint density at radius 1 is 1.47 bits per heavy atom. The molecule has 2 rings (SSSR count). The molecule has 0 saturated carbocycles. The number of aromatic hydroxyl groups is 1. The second-order valence-corrected chi connectivity index (χ2v) is 5.29. The lowest BCUT2D eigenvalue weighted by Crippen LogP contribution is -2.36. The fourth-order valence-corrected chi connectivity index (χ4v) is 2.36. The summed E-state index contributed by atoms with van der Waals surface area (Å²) < 4.78 is 26.4. The Bertz CT molecular complexity index is 498. The van der Waals surface area contributed by atoms with E-state index in [0.717, 1.165) is 12.1 Å². The van der Waals surface area contributed by atoms with Crippen LogP contribution < -0.4 is 5.73 Å². The van der Waals surface area contributed by atoms with Gasteiger partial charge in [-0.2, -0.15) is 0 Å². The second-order valence-electron chi connectivity index (χ2n) is 5.29. The van der Waals surface area contributed by atoms with Gasteiger partial charge in [0.15, 0.2) is 17.4 Å². The van der Waals surface area contributed by atoms with Crippen LogP contribution in [0.4, 0.5) is 8.78 Å². The minimum Gasteiger partial charge on any atom is -0.503 e. The van der Waals surface area contributed by atoms with Crippen LogP contribution in [0, 0.1) is 17.0 Å². The van der Waals surface area contributed by atoms with E-state index in [1.54, 1.807) is 6.92 Å². The summed E-state index contributed by atoms with van der Waals surface area (Å²) in [5.41, 5.74) is 5.17. The molecule has 104 valence electrons. The van der Waals surface area contributed by atoms with Gasteiger partial charge in [0.25, 0.3) is 0 Å². The lowest BCUT2D eigenvalue weighted by Gasteiger charge is -2.21. The number of primary amides is 1. The molecule has 1 heterocycles. The molecule has 1 aromatic rings. The van der Waals surface area contributed by atoms with E-state index in [1.165, 1.54) is 0 Å². The molecule has 1 aliphatic heterocycles. The number of carbonyl (C=O) groups is 1. The maximum absolute atomic E-state index is 13.2. The molecule has 0 bridgehead atoms. The number of nitrogens with two attached hydrogens (primary N) is 1. The van der Waals surface area contributed by atoms with E-state index in [4.69, 9.17) is 10.8 Å². The van der Waals surface area contributed by atoms with Crippen LogP contribution in [0.2, 0.25) is 0 Å². The fourth-order valence-electron chi connectivity index (χ4n) is 2.36. The topological polar surface area (TPSA) is 66.6 Å². The predicted molar refractivity (Wildman–Crippen MR) is 65.2 cm³/mol. The molecule has 0 aromatic heterocycles. The predicted octanol–water partition coefficient (Wildman–Crippen LogP) is 1.37. The van der Waals surface area contributed by atoms with E-state index in [0.29, 0.717) is 31.6 Å². The molecule has 1 aliphatic rings. The normalized spacial score (nSPS) is 23.7. The van der Waals surface area contributed by atoms with E-state index in [-0.39, 0.29) is 5.91 Å². The molecule has 0 spiro atoms. The third kappa shape index (κ3) is 2.68. The number of halogens is 2. The first-order chi connectivity index (χ1) is 8.82. The SMILES string of the molecule is CC1(C(N)=O)CCN(Cc2cc(F)c(O)c(F)c2)C1. The van der Waals surface area contributed by atoms with E-state index in [9.17, 15) is 13.6 Å². The fraction of sp³-hybridized carbons (Fsp3) is 0.462. The summed E-state index contributed by atoms with van der Waals surface area (Å²) in [7, 11) is 0. The summed E-state index contributed by atoms with van der Waals surface area (Å²) in [6.07, 6.45) is 0.630. The summed E-state index contributed by atoms with van der Waals surface area (Å²) >= 11 is 0. The molecule has 19 heavy (non-hydrogen) atoms. The van der Waals surface area contributed by atoms with E-state index in [2.05, 4.69) is 0 Å². The van der Waals surface area contributed by atoms with Crippen LogP contribution in [0.15, 0.2) is 12.1 Å². The Kier molecular flexibility index (Phi) is 3.45. The first-order valence-corrected chi connectivity index (χ1v) is 6.01. The summed E-state index contributed by atoms with van der Waals surface area (Å²) in [6.45, 7) is 3.21. The number of rotatable bonds is 3. The molecule has 1 unspecified atom stereocenters. The summed E-state index contributed by atoms with van der Waals surface area (Å²) in [6, 6.07) is 2.19. The van der Waals surface area contributed by atoms with Gasteiger partial charge in [0, 0.05) is 13.1 Å². The highest BCUT2D eigenvalue weighted by Gasteiger charge is 2.38. The van der Waals surface area contributed by atoms with Gasteiger partial charge in [-0.1, -0.05) is 0 Å². The second kappa shape index (κ2) is 4.77. The van der Waals surface area contributed by atoms with Crippen LogP contribution in [0.1, 0.15) is 18.9 Å². The highest BCUT2D eigenvalue weighted by Crippen LogP contribution is 2.31. The molecule has 0 aliphatic carbocycles. The smallest absolute Gasteiger partial charge is 0.224 e. The largest absolute Gasteiger partial charge is 0.503 e. The lowest BCUT2D eigenvalue weighted by atomic mass is 9.89. The van der Waals surface area contributed by atoms with Crippen LogP contribution in [0.5, 0.6) is 5.75 Å². The molecule has 3 N–H and O–H groups in total. The van der Waals surface area contributed by atoms with Gasteiger partial charge in [0.2, 0.25) is 5.91 Å².